The molecule has 1 heterocycles. The Kier molecular flexibility index (Phi) is 4.96. The number of rotatable bonds is 6. The maximum absolute atomic E-state index is 4.63. The molecule has 0 bridgehead atoms. The van der Waals surface area contributed by atoms with E-state index in [9.17, 15) is 0 Å². The lowest BCUT2D eigenvalue weighted by Gasteiger charge is -2.17. The third-order valence-electron chi connectivity index (χ3n) is 3.78. The van der Waals surface area contributed by atoms with Crippen LogP contribution in [0.1, 0.15) is 42.4 Å². The molecular formula is C17H25N3. The first kappa shape index (κ1) is 14.8. The van der Waals surface area contributed by atoms with Gasteiger partial charge in [-0.05, 0) is 38.9 Å². The number of aryl methyl sites for hydroxylation is 3. The molecule has 0 saturated carbocycles. The van der Waals surface area contributed by atoms with Gasteiger partial charge in [0.15, 0.2) is 0 Å². The molecule has 0 spiro atoms. The molecule has 1 aromatic heterocycles. The molecule has 1 unspecified atom stereocenters. The Morgan fingerprint density at radius 3 is 2.65 bits per heavy atom. The van der Waals surface area contributed by atoms with Crippen molar-refractivity contribution >= 4 is 0 Å². The van der Waals surface area contributed by atoms with Crippen molar-refractivity contribution in [2.45, 2.75) is 46.2 Å². The van der Waals surface area contributed by atoms with Gasteiger partial charge in [-0.3, -0.25) is 4.68 Å². The summed E-state index contributed by atoms with van der Waals surface area (Å²) in [5.74, 6) is 0. The van der Waals surface area contributed by atoms with Crippen molar-refractivity contribution in [2.24, 2.45) is 0 Å². The van der Waals surface area contributed by atoms with Crippen molar-refractivity contribution in [1.29, 1.82) is 0 Å². The van der Waals surface area contributed by atoms with E-state index in [1.165, 1.54) is 22.5 Å². The van der Waals surface area contributed by atoms with Crippen LogP contribution in [0.2, 0.25) is 0 Å². The lowest BCUT2D eigenvalue weighted by atomic mass is 10.00. The SMILES string of the molecule is CCc1cc(CC(NC)c2cccc(C)c2)n(CC)n1. The van der Waals surface area contributed by atoms with E-state index < -0.39 is 0 Å². The van der Waals surface area contributed by atoms with Gasteiger partial charge in [-0.1, -0.05) is 36.8 Å². The summed E-state index contributed by atoms with van der Waals surface area (Å²) in [5, 5.41) is 8.07. The zero-order chi connectivity index (χ0) is 14.5. The summed E-state index contributed by atoms with van der Waals surface area (Å²) >= 11 is 0. The molecule has 3 heteroatoms. The number of hydrogen-bond acceptors (Lipinski definition) is 2. The number of nitrogens with one attached hydrogen (secondary N) is 1. The molecule has 0 aliphatic carbocycles. The lowest BCUT2D eigenvalue weighted by molar-refractivity contribution is 0.540. The molecule has 0 aliphatic rings. The molecular weight excluding hydrogens is 246 g/mol. The van der Waals surface area contributed by atoms with Crippen LogP contribution < -0.4 is 5.32 Å². The van der Waals surface area contributed by atoms with Gasteiger partial charge in [-0.25, -0.2) is 0 Å². The highest BCUT2D eigenvalue weighted by atomic mass is 15.3. The van der Waals surface area contributed by atoms with Gasteiger partial charge in [0.05, 0.1) is 5.69 Å². The topological polar surface area (TPSA) is 29.9 Å². The molecule has 0 aliphatic heterocycles. The number of aromatic nitrogens is 2. The highest BCUT2D eigenvalue weighted by Crippen LogP contribution is 2.20. The van der Waals surface area contributed by atoms with Gasteiger partial charge in [0.1, 0.15) is 0 Å². The van der Waals surface area contributed by atoms with Crippen LogP contribution in [0, 0.1) is 6.92 Å². The number of likely N-dealkylation sites (N-methyl/N-ethyl adjacent to an activating group) is 1. The number of hydrogen-bond donors (Lipinski definition) is 1. The molecule has 3 nitrogen and oxygen atoms in total. The first-order valence-electron chi connectivity index (χ1n) is 7.47. The standard InChI is InChI=1S/C17H25N3/c1-5-15-11-16(20(6-2)19-15)12-17(18-4)14-9-7-8-13(3)10-14/h7-11,17-18H,5-6,12H2,1-4H3. The fraction of sp³-hybridized carbons (Fsp3) is 0.471. The normalized spacial score (nSPS) is 12.6. The van der Waals surface area contributed by atoms with Crippen LogP contribution in [0.25, 0.3) is 0 Å². The van der Waals surface area contributed by atoms with Gasteiger partial charge in [-0.2, -0.15) is 5.10 Å². The van der Waals surface area contributed by atoms with Crippen LogP contribution in [0.5, 0.6) is 0 Å². The zero-order valence-electron chi connectivity index (χ0n) is 13.0. The maximum atomic E-state index is 4.63. The minimum absolute atomic E-state index is 0.335. The van der Waals surface area contributed by atoms with Crippen molar-refractivity contribution < 1.29 is 0 Å². The summed E-state index contributed by atoms with van der Waals surface area (Å²) in [7, 11) is 2.03. The Bertz CT molecular complexity index is 557. The Balaban J connectivity index is 2.24. The summed E-state index contributed by atoms with van der Waals surface area (Å²) in [6, 6.07) is 11.3. The Morgan fingerprint density at radius 2 is 2.05 bits per heavy atom. The quantitative estimate of drug-likeness (QED) is 0.874. The van der Waals surface area contributed by atoms with E-state index in [1.54, 1.807) is 0 Å². The van der Waals surface area contributed by atoms with E-state index in [2.05, 4.69) is 66.2 Å². The second-order valence-corrected chi connectivity index (χ2v) is 5.26. The van der Waals surface area contributed by atoms with Crippen molar-refractivity contribution in [3.8, 4) is 0 Å². The van der Waals surface area contributed by atoms with Crippen LogP contribution in [0.4, 0.5) is 0 Å². The van der Waals surface area contributed by atoms with Crippen molar-refractivity contribution in [2.75, 3.05) is 7.05 Å². The van der Waals surface area contributed by atoms with Crippen LogP contribution in [-0.4, -0.2) is 16.8 Å². The van der Waals surface area contributed by atoms with Crippen LogP contribution in [0.3, 0.4) is 0 Å². The van der Waals surface area contributed by atoms with Gasteiger partial charge < -0.3 is 5.32 Å². The van der Waals surface area contributed by atoms with Crippen molar-refractivity contribution in [3.05, 3.63) is 52.8 Å². The number of nitrogens with zero attached hydrogens (tertiary/aromatic N) is 2. The van der Waals surface area contributed by atoms with Crippen molar-refractivity contribution in [1.82, 2.24) is 15.1 Å². The highest BCUT2D eigenvalue weighted by Gasteiger charge is 2.14. The summed E-state index contributed by atoms with van der Waals surface area (Å²) in [4.78, 5) is 0. The second kappa shape index (κ2) is 6.71. The molecule has 1 atom stereocenters. The third-order valence-corrected chi connectivity index (χ3v) is 3.78. The summed E-state index contributed by atoms with van der Waals surface area (Å²) < 4.78 is 2.12. The average Bonchev–Trinajstić information content (AvgIpc) is 2.87. The van der Waals surface area contributed by atoms with Gasteiger partial charge in [-0.15, -0.1) is 0 Å². The molecule has 2 aromatic rings. The fourth-order valence-electron chi connectivity index (χ4n) is 2.61. The minimum Gasteiger partial charge on any atom is -0.313 e. The minimum atomic E-state index is 0.335. The predicted octanol–water partition coefficient (Wildman–Crippen LogP) is 3.28. The van der Waals surface area contributed by atoms with Crippen LogP contribution in [-0.2, 0) is 19.4 Å². The monoisotopic (exact) mass is 271 g/mol. The molecule has 0 saturated heterocycles. The van der Waals surface area contributed by atoms with E-state index >= 15 is 0 Å². The van der Waals surface area contributed by atoms with Crippen LogP contribution >= 0.6 is 0 Å². The van der Waals surface area contributed by atoms with E-state index in [-0.39, 0.29) is 0 Å². The lowest BCUT2D eigenvalue weighted by Crippen LogP contribution is -2.20. The van der Waals surface area contributed by atoms with E-state index in [0.29, 0.717) is 6.04 Å². The predicted molar refractivity (Wildman–Crippen MR) is 84.0 cm³/mol. The van der Waals surface area contributed by atoms with Crippen molar-refractivity contribution in [3.63, 3.8) is 0 Å². The molecule has 20 heavy (non-hydrogen) atoms. The molecule has 0 amide bonds. The van der Waals surface area contributed by atoms with E-state index in [1.807, 2.05) is 7.05 Å². The van der Waals surface area contributed by atoms with E-state index in [0.717, 1.165) is 19.4 Å². The first-order chi connectivity index (χ1) is 9.67. The van der Waals surface area contributed by atoms with Gasteiger partial charge in [0.2, 0.25) is 0 Å². The molecule has 0 radical (unpaired) electrons. The summed E-state index contributed by atoms with van der Waals surface area (Å²) in [6.07, 6.45) is 1.97. The molecule has 1 aromatic carbocycles. The Hall–Kier alpha value is -1.61. The Morgan fingerprint density at radius 1 is 1.25 bits per heavy atom. The highest BCUT2D eigenvalue weighted by molar-refractivity contribution is 5.26. The smallest absolute Gasteiger partial charge is 0.0624 e. The van der Waals surface area contributed by atoms with E-state index in [4.69, 9.17) is 0 Å². The second-order valence-electron chi connectivity index (χ2n) is 5.26. The molecule has 1 N–H and O–H groups in total. The third kappa shape index (κ3) is 3.28. The summed E-state index contributed by atoms with van der Waals surface area (Å²) in [5.41, 5.74) is 5.14. The molecule has 2 rings (SSSR count). The Labute approximate surface area is 122 Å². The van der Waals surface area contributed by atoms with Gasteiger partial charge in [0.25, 0.3) is 0 Å². The number of benzene rings is 1. The van der Waals surface area contributed by atoms with Gasteiger partial charge in [0, 0.05) is 24.7 Å². The average molecular weight is 271 g/mol. The fourth-order valence-corrected chi connectivity index (χ4v) is 2.61. The summed E-state index contributed by atoms with van der Waals surface area (Å²) in [6.45, 7) is 7.38. The molecule has 0 fully saturated rings. The zero-order valence-corrected chi connectivity index (χ0v) is 13.0. The van der Waals surface area contributed by atoms with Crippen LogP contribution in [0.15, 0.2) is 30.3 Å². The molecule has 108 valence electrons. The van der Waals surface area contributed by atoms with Gasteiger partial charge >= 0.3 is 0 Å². The first-order valence-corrected chi connectivity index (χ1v) is 7.47. The maximum Gasteiger partial charge on any atom is 0.0624 e. The largest absolute Gasteiger partial charge is 0.313 e.